The predicted molar refractivity (Wildman–Crippen MR) is 92.6 cm³/mol. The predicted octanol–water partition coefficient (Wildman–Crippen LogP) is 1.44. The highest BCUT2D eigenvalue weighted by atomic mass is 35.5. The lowest BCUT2D eigenvalue weighted by molar-refractivity contribution is -0.139. The lowest BCUT2D eigenvalue weighted by atomic mass is 10.1. The van der Waals surface area contributed by atoms with E-state index in [1.165, 1.54) is 0 Å². The van der Waals surface area contributed by atoms with Crippen molar-refractivity contribution in [3.05, 3.63) is 34.9 Å². The molecule has 25 heavy (non-hydrogen) atoms. The van der Waals surface area contributed by atoms with Gasteiger partial charge in [-0.15, -0.1) is 0 Å². The molecule has 8 nitrogen and oxygen atoms in total. The van der Waals surface area contributed by atoms with Gasteiger partial charge in [0.2, 0.25) is 0 Å². The fourth-order valence-electron chi connectivity index (χ4n) is 2.09. The summed E-state index contributed by atoms with van der Waals surface area (Å²) in [5.74, 6) is -2.36. The minimum Gasteiger partial charge on any atom is -0.480 e. The van der Waals surface area contributed by atoms with E-state index in [0.717, 1.165) is 12.0 Å². The monoisotopic (exact) mass is 371 g/mol. The first-order chi connectivity index (χ1) is 11.9. The Morgan fingerprint density at radius 2 is 1.84 bits per heavy atom. The quantitative estimate of drug-likeness (QED) is 0.374. The summed E-state index contributed by atoms with van der Waals surface area (Å²) in [5.41, 5.74) is 0.990. The zero-order valence-corrected chi connectivity index (χ0v) is 14.4. The van der Waals surface area contributed by atoms with Gasteiger partial charge in [0.05, 0.1) is 0 Å². The molecule has 0 spiro atoms. The average Bonchev–Trinajstić information content (AvgIpc) is 2.56. The van der Waals surface area contributed by atoms with Gasteiger partial charge in [-0.05, 0) is 37.4 Å². The minimum absolute atomic E-state index is 0.254. The average molecular weight is 372 g/mol. The largest absolute Gasteiger partial charge is 0.480 e. The number of urea groups is 1. The van der Waals surface area contributed by atoms with Gasteiger partial charge in [-0.1, -0.05) is 29.8 Å². The van der Waals surface area contributed by atoms with Crippen LogP contribution >= 0.6 is 11.6 Å². The molecule has 0 bridgehead atoms. The van der Waals surface area contributed by atoms with Gasteiger partial charge in [0.25, 0.3) is 0 Å². The molecule has 0 saturated carbocycles. The maximum atomic E-state index is 11.4. The van der Waals surface area contributed by atoms with Crippen molar-refractivity contribution in [3.63, 3.8) is 0 Å². The molecule has 0 heterocycles. The minimum atomic E-state index is -1.20. The molecule has 0 aliphatic carbocycles. The van der Waals surface area contributed by atoms with E-state index in [9.17, 15) is 14.4 Å². The van der Waals surface area contributed by atoms with Crippen LogP contribution in [0, 0.1) is 0 Å². The van der Waals surface area contributed by atoms with E-state index in [0.29, 0.717) is 24.5 Å². The van der Waals surface area contributed by atoms with Crippen molar-refractivity contribution in [2.24, 2.45) is 0 Å². The molecule has 0 aliphatic heterocycles. The lowest BCUT2D eigenvalue weighted by Gasteiger charge is -2.14. The van der Waals surface area contributed by atoms with Crippen molar-refractivity contribution >= 4 is 29.6 Å². The molecule has 1 rings (SSSR count). The Hall–Kier alpha value is -2.32. The molecule has 1 aromatic carbocycles. The summed E-state index contributed by atoms with van der Waals surface area (Å²) < 4.78 is 0. The molecule has 5 N–H and O–H groups in total. The number of carboxylic acids is 2. The Balaban J connectivity index is 2.22. The maximum absolute atomic E-state index is 11.4. The molecule has 0 radical (unpaired) electrons. The van der Waals surface area contributed by atoms with Crippen molar-refractivity contribution in [1.29, 1.82) is 0 Å². The molecule has 1 atom stereocenters. The van der Waals surface area contributed by atoms with E-state index in [-0.39, 0.29) is 6.42 Å². The third-order valence-electron chi connectivity index (χ3n) is 3.37. The van der Waals surface area contributed by atoms with Crippen LogP contribution < -0.4 is 16.0 Å². The Morgan fingerprint density at radius 1 is 1.12 bits per heavy atom. The van der Waals surface area contributed by atoms with Crippen molar-refractivity contribution in [3.8, 4) is 0 Å². The normalized spacial score (nSPS) is 11.6. The Kier molecular flexibility index (Phi) is 9.34. The van der Waals surface area contributed by atoms with Crippen LogP contribution in [0.5, 0.6) is 0 Å². The number of carboxylic acid groups (broad SMARTS) is 2. The van der Waals surface area contributed by atoms with Gasteiger partial charge in [-0.25, -0.2) is 9.59 Å². The van der Waals surface area contributed by atoms with E-state index in [1.54, 1.807) is 0 Å². The standard InChI is InChI=1S/C16H22ClN3O5/c17-12-6-2-1-5-11(12)9-18-8-4-3-7-13(15(23)24)20-16(25)19-10-14(21)22/h1-2,5-6,13,18H,3-4,7-10H2,(H,21,22)(H,23,24)(H2,19,20,25)/t13-/m0/s1. The highest BCUT2D eigenvalue weighted by Crippen LogP contribution is 2.14. The first-order valence-electron chi connectivity index (χ1n) is 7.83. The van der Waals surface area contributed by atoms with Crippen LogP contribution in [0.3, 0.4) is 0 Å². The summed E-state index contributed by atoms with van der Waals surface area (Å²) in [6.45, 7) is 0.741. The number of carbonyl (C=O) groups is 3. The van der Waals surface area contributed by atoms with Gasteiger partial charge in [0.1, 0.15) is 12.6 Å². The second-order valence-electron chi connectivity index (χ2n) is 5.38. The summed E-state index contributed by atoms with van der Waals surface area (Å²) in [7, 11) is 0. The van der Waals surface area contributed by atoms with Crippen LogP contribution in [0.25, 0.3) is 0 Å². The van der Waals surface area contributed by atoms with Crippen molar-refractivity contribution in [2.45, 2.75) is 31.8 Å². The summed E-state index contributed by atoms with van der Waals surface area (Å²) in [6, 6.07) is 5.63. The third-order valence-corrected chi connectivity index (χ3v) is 3.74. The van der Waals surface area contributed by atoms with Gasteiger partial charge in [0, 0.05) is 11.6 Å². The van der Waals surface area contributed by atoms with Crippen LogP contribution in [0.2, 0.25) is 5.02 Å². The number of benzene rings is 1. The SMILES string of the molecule is O=C(O)CNC(=O)N[C@@H](CCCCNCc1ccccc1Cl)C(=O)O. The number of rotatable bonds is 11. The molecule has 0 aromatic heterocycles. The van der Waals surface area contributed by atoms with Crippen molar-refractivity contribution in [1.82, 2.24) is 16.0 Å². The Morgan fingerprint density at radius 3 is 2.48 bits per heavy atom. The summed E-state index contributed by atoms with van der Waals surface area (Å²) >= 11 is 6.05. The van der Waals surface area contributed by atoms with E-state index in [1.807, 2.05) is 24.3 Å². The zero-order valence-electron chi connectivity index (χ0n) is 13.6. The van der Waals surface area contributed by atoms with Crippen LogP contribution in [-0.2, 0) is 16.1 Å². The van der Waals surface area contributed by atoms with Gasteiger partial charge in [0.15, 0.2) is 0 Å². The fraction of sp³-hybridized carbons (Fsp3) is 0.438. The zero-order chi connectivity index (χ0) is 18.7. The van der Waals surface area contributed by atoms with Gasteiger partial charge in [-0.2, -0.15) is 0 Å². The van der Waals surface area contributed by atoms with E-state index < -0.39 is 30.6 Å². The molecule has 2 amide bonds. The van der Waals surface area contributed by atoms with Crippen LogP contribution in [0.1, 0.15) is 24.8 Å². The van der Waals surface area contributed by atoms with Gasteiger partial charge in [-0.3, -0.25) is 4.79 Å². The smallest absolute Gasteiger partial charge is 0.326 e. The molecule has 138 valence electrons. The number of hydrogen-bond donors (Lipinski definition) is 5. The second-order valence-corrected chi connectivity index (χ2v) is 5.78. The van der Waals surface area contributed by atoms with E-state index >= 15 is 0 Å². The number of amides is 2. The van der Waals surface area contributed by atoms with Gasteiger partial charge < -0.3 is 26.2 Å². The first kappa shape index (κ1) is 20.7. The summed E-state index contributed by atoms with van der Waals surface area (Å²) in [5, 5.41) is 25.8. The fourth-order valence-corrected chi connectivity index (χ4v) is 2.29. The summed E-state index contributed by atoms with van der Waals surface area (Å²) in [6.07, 6.45) is 1.57. The van der Waals surface area contributed by atoms with Crippen LogP contribution in [0.4, 0.5) is 4.79 Å². The third kappa shape index (κ3) is 8.92. The molecule has 0 saturated heterocycles. The highest BCUT2D eigenvalue weighted by Gasteiger charge is 2.19. The van der Waals surface area contributed by atoms with Crippen molar-refractivity contribution in [2.75, 3.05) is 13.1 Å². The highest BCUT2D eigenvalue weighted by molar-refractivity contribution is 6.31. The van der Waals surface area contributed by atoms with Crippen LogP contribution in [-0.4, -0.2) is 47.3 Å². The number of hydrogen-bond acceptors (Lipinski definition) is 4. The van der Waals surface area contributed by atoms with E-state index in [4.69, 9.17) is 21.8 Å². The molecule has 1 aromatic rings. The summed E-state index contributed by atoms with van der Waals surface area (Å²) in [4.78, 5) is 32.9. The number of carbonyl (C=O) groups excluding carboxylic acids is 1. The molecule has 0 fully saturated rings. The van der Waals surface area contributed by atoms with Crippen molar-refractivity contribution < 1.29 is 24.6 Å². The Labute approximate surface area is 150 Å². The van der Waals surface area contributed by atoms with E-state index in [2.05, 4.69) is 16.0 Å². The molecule has 0 aliphatic rings. The lowest BCUT2D eigenvalue weighted by Crippen LogP contribution is -2.47. The molecule has 0 unspecified atom stereocenters. The number of halogens is 1. The van der Waals surface area contributed by atoms with Crippen LogP contribution in [0.15, 0.2) is 24.3 Å². The van der Waals surface area contributed by atoms with Gasteiger partial charge >= 0.3 is 18.0 Å². The number of unbranched alkanes of at least 4 members (excludes halogenated alkanes) is 1. The molecular weight excluding hydrogens is 350 g/mol. The topological polar surface area (TPSA) is 128 Å². The first-order valence-corrected chi connectivity index (χ1v) is 8.21. The maximum Gasteiger partial charge on any atom is 0.326 e. The molecular formula is C16H22ClN3O5. The number of nitrogens with one attached hydrogen (secondary N) is 3. The Bertz CT molecular complexity index is 597. The number of aliphatic carboxylic acids is 2. The second kappa shape index (κ2) is 11.3. The molecule has 9 heteroatoms.